The molecule has 1 aromatic heterocycles. The molecule has 2 N–H and O–H groups in total. The molecule has 0 radical (unpaired) electrons. The normalized spacial score (nSPS) is 19.6. The van der Waals surface area contributed by atoms with E-state index < -0.39 is 6.10 Å². The van der Waals surface area contributed by atoms with Crippen molar-refractivity contribution in [3.8, 4) is 0 Å². The van der Waals surface area contributed by atoms with Crippen molar-refractivity contribution < 1.29 is 5.11 Å². The fourth-order valence-electron chi connectivity index (χ4n) is 2.86. The van der Waals surface area contributed by atoms with Gasteiger partial charge in [-0.3, -0.25) is 0 Å². The number of fused-ring (bicyclic) bond motifs is 1. The molecular weight excluding hydrogens is 254 g/mol. The summed E-state index contributed by atoms with van der Waals surface area (Å²) in [6, 6.07) is 10.6. The molecule has 2 heterocycles. The number of aliphatic hydroxyl groups is 1. The van der Waals surface area contributed by atoms with E-state index in [1.807, 2.05) is 6.07 Å². The monoisotopic (exact) mass is 273 g/mol. The number of nitrogens with one attached hydrogen (secondary N) is 1. The zero-order chi connectivity index (χ0) is 13.4. The minimum Gasteiger partial charge on any atom is -0.386 e. The Kier molecular flexibility index (Phi) is 3.33. The molecule has 0 spiro atoms. The molecule has 1 aliphatic heterocycles. The zero-order valence-electron chi connectivity index (χ0n) is 11.3. The van der Waals surface area contributed by atoms with Gasteiger partial charge in [0.05, 0.1) is 6.04 Å². The summed E-state index contributed by atoms with van der Waals surface area (Å²) in [5.41, 5.74) is 3.60. The van der Waals surface area contributed by atoms with Crippen molar-refractivity contribution in [2.75, 3.05) is 5.32 Å². The lowest BCUT2D eigenvalue weighted by atomic mass is 9.92. The number of hydrogen-bond acceptors (Lipinski definition) is 3. The fraction of sp³-hybridized carbons (Fsp3) is 0.375. The lowest BCUT2D eigenvalue weighted by molar-refractivity contribution is 0.149. The van der Waals surface area contributed by atoms with Crippen molar-refractivity contribution >= 4 is 17.0 Å². The first-order chi connectivity index (χ1) is 9.15. The summed E-state index contributed by atoms with van der Waals surface area (Å²) in [7, 11) is 0. The SMILES string of the molecule is Cc1cc(C(O)C2CCc3ccccc3N2)c(C)s1. The van der Waals surface area contributed by atoms with Crippen LogP contribution in [0.15, 0.2) is 30.3 Å². The lowest BCUT2D eigenvalue weighted by Crippen LogP contribution is -2.31. The minimum atomic E-state index is -0.418. The highest BCUT2D eigenvalue weighted by Gasteiger charge is 2.26. The van der Waals surface area contributed by atoms with Crippen molar-refractivity contribution in [1.29, 1.82) is 0 Å². The van der Waals surface area contributed by atoms with Gasteiger partial charge in [0.2, 0.25) is 0 Å². The zero-order valence-corrected chi connectivity index (χ0v) is 12.1. The van der Waals surface area contributed by atoms with Crippen LogP contribution in [0.2, 0.25) is 0 Å². The number of benzene rings is 1. The predicted octanol–water partition coefficient (Wildman–Crippen LogP) is 3.83. The van der Waals surface area contributed by atoms with Crippen LogP contribution in [0.25, 0.3) is 0 Å². The largest absolute Gasteiger partial charge is 0.386 e. The molecule has 19 heavy (non-hydrogen) atoms. The van der Waals surface area contributed by atoms with Gasteiger partial charge in [-0.25, -0.2) is 0 Å². The molecule has 3 heteroatoms. The van der Waals surface area contributed by atoms with Crippen molar-refractivity contribution in [3.05, 3.63) is 51.2 Å². The van der Waals surface area contributed by atoms with Crippen LogP contribution in [0.5, 0.6) is 0 Å². The number of thiophene rings is 1. The van der Waals surface area contributed by atoms with Gasteiger partial charge < -0.3 is 10.4 Å². The average Bonchev–Trinajstić information content (AvgIpc) is 2.76. The molecule has 100 valence electrons. The number of rotatable bonds is 2. The molecule has 2 atom stereocenters. The van der Waals surface area contributed by atoms with Gasteiger partial charge in [-0.2, -0.15) is 0 Å². The second-order valence-electron chi connectivity index (χ2n) is 5.26. The summed E-state index contributed by atoms with van der Waals surface area (Å²) in [6.45, 7) is 4.18. The number of anilines is 1. The third kappa shape index (κ3) is 2.40. The van der Waals surface area contributed by atoms with Crippen LogP contribution in [-0.4, -0.2) is 11.1 Å². The molecule has 0 bridgehead atoms. The van der Waals surface area contributed by atoms with Gasteiger partial charge in [-0.15, -0.1) is 11.3 Å². The number of aryl methyl sites for hydroxylation is 3. The molecule has 0 fully saturated rings. The van der Waals surface area contributed by atoms with E-state index in [4.69, 9.17) is 0 Å². The molecule has 0 aliphatic carbocycles. The third-order valence-electron chi connectivity index (χ3n) is 3.86. The molecule has 1 aromatic carbocycles. The maximum Gasteiger partial charge on any atom is 0.100 e. The Labute approximate surface area is 118 Å². The molecular formula is C16H19NOS. The van der Waals surface area contributed by atoms with Gasteiger partial charge in [-0.05, 0) is 49.9 Å². The first-order valence-corrected chi connectivity index (χ1v) is 7.56. The maximum atomic E-state index is 10.6. The minimum absolute atomic E-state index is 0.114. The Balaban J connectivity index is 1.83. The van der Waals surface area contributed by atoms with Crippen molar-refractivity contribution in [1.82, 2.24) is 0 Å². The summed E-state index contributed by atoms with van der Waals surface area (Å²) >= 11 is 1.76. The second kappa shape index (κ2) is 4.99. The van der Waals surface area contributed by atoms with Crippen LogP contribution >= 0.6 is 11.3 Å². The molecule has 0 saturated carbocycles. The van der Waals surface area contributed by atoms with Gasteiger partial charge in [0, 0.05) is 15.4 Å². The molecule has 0 amide bonds. The van der Waals surface area contributed by atoms with Gasteiger partial charge in [-0.1, -0.05) is 18.2 Å². The summed E-state index contributed by atoms with van der Waals surface area (Å²) in [4.78, 5) is 2.49. The van der Waals surface area contributed by atoms with Crippen LogP contribution in [0.4, 0.5) is 5.69 Å². The van der Waals surface area contributed by atoms with E-state index in [0.29, 0.717) is 0 Å². The Bertz CT molecular complexity index is 590. The number of hydrogen-bond donors (Lipinski definition) is 2. The second-order valence-corrected chi connectivity index (χ2v) is 6.72. The van der Waals surface area contributed by atoms with Crippen LogP contribution < -0.4 is 5.32 Å². The molecule has 2 unspecified atom stereocenters. The predicted molar refractivity (Wildman–Crippen MR) is 80.9 cm³/mol. The number of aliphatic hydroxyl groups excluding tert-OH is 1. The molecule has 1 aliphatic rings. The van der Waals surface area contributed by atoms with Gasteiger partial charge in [0.25, 0.3) is 0 Å². The third-order valence-corrected chi connectivity index (χ3v) is 4.84. The van der Waals surface area contributed by atoms with Gasteiger partial charge in [0.1, 0.15) is 6.10 Å². The summed E-state index contributed by atoms with van der Waals surface area (Å²) in [6.07, 6.45) is 1.60. The van der Waals surface area contributed by atoms with E-state index in [-0.39, 0.29) is 6.04 Å². The van der Waals surface area contributed by atoms with Gasteiger partial charge >= 0.3 is 0 Å². The highest BCUT2D eigenvalue weighted by molar-refractivity contribution is 7.12. The molecule has 3 rings (SSSR count). The van der Waals surface area contributed by atoms with Crippen LogP contribution in [0, 0.1) is 13.8 Å². The van der Waals surface area contributed by atoms with Crippen LogP contribution in [0.1, 0.15) is 33.4 Å². The Morgan fingerprint density at radius 1 is 1.32 bits per heavy atom. The van der Waals surface area contributed by atoms with Crippen LogP contribution in [-0.2, 0) is 6.42 Å². The Morgan fingerprint density at radius 3 is 2.84 bits per heavy atom. The molecule has 2 aromatic rings. The van der Waals surface area contributed by atoms with Crippen molar-refractivity contribution in [2.24, 2.45) is 0 Å². The Hall–Kier alpha value is -1.32. The molecule has 2 nitrogen and oxygen atoms in total. The highest BCUT2D eigenvalue weighted by atomic mass is 32.1. The first kappa shape index (κ1) is 12.7. The van der Waals surface area contributed by atoms with E-state index in [2.05, 4.69) is 43.4 Å². The Morgan fingerprint density at radius 2 is 2.11 bits per heavy atom. The van der Waals surface area contributed by atoms with E-state index in [9.17, 15) is 5.11 Å². The van der Waals surface area contributed by atoms with E-state index in [1.165, 1.54) is 21.0 Å². The summed E-state index contributed by atoms with van der Waals surface area (Å²) < 4.78 is 0. The number of para-hydroxylation sites is 1. The smallest absolute Gasteiger partial charge is 0.100 e. The summed E-state index contributed by atoms with van der Waals surface area (Å²) in [5, 5.41) is 14.1. The molecule has 0 saturated heterocycles. The average molecular weight is 273 g/mol. The maximum absolute atomic E-state index is 10.6. The lowest BCUT2D eigenvalue weighted by Gasteiger charge is -2.30. The van der Waals surface area contributed by atoms with Crippen molar-refractivity contribution in [3.63, 3.8) is 0 Å². The van der Waals surface area contributed by atoms with Crippen LogP contribution in [0.3, 0.4) is 0 Å². The standard InChI is InChI=1S/C16H19NOS/c1-10-9-13(11(2)19-10)16(18)15-8-7-12-5-3-4-6-14(12)17-15/h3-6,9,15-18H,7-8H2,1-2H3. The first-order valence-electron chi connectivity index (χ1n) is 6.74. The van der Waals surface area contributed by atoms with Gasteiger partial charge in [0.15, 0.2) is 0 Å². The van der Waals surface area contributed by atoms with Crippen molar-refractivity contribution in [2.45, 2.75) is 38.8 Å². The fourth-order valence-corrected chi connectivity index (χ4v) is 3.83. The summed E-state index contributed by atoms with van der Waals surface area (Å²) in [5.74, 6) is 0. The van der Waals surface area contributed by atoms with E-state index in [1.54, 1.807) is 11.3 Å². The van der Waals surface area contributed by atoms with E-state index in [0.717, 1.165) is 18.4 Å². The quantitative estimate of drug-likeness (QED) is 0.871. The topological polar surface area (TPSA) is 32.3 Å². The van der Waals surface area contributed by atoms with E-state index >= 15 is 0 Å². The highest BCUT2D eigenvalue weighted by Crippen LogP contribution is 2.34.